The van der Waals surface area contributed by atoms with Crippen molar-refractivity contribution in [2.45, 2.75) is 50.9 Å². The first-order valence-electron chi connectivity index (χ1n) is 9.63. The van der Waals surface area contributed by atoms with E-state index in [1.165, 1.54) is 0 Å². The average Bonchev–Trinajstić information content (AvgIpc) is 3.10. The van der Waals surface area contributed by atoms with Crippen LogP contribution < -0.4 is 0 Å². The van der Waals surface area contributed by atoms with Crippen molar-refractivity contribution in [3.8, 4) is 0 Å². The molecule has 1 unspecified atom stereocenters. The van der Waals surface area contributed by atoms with Crippen molar-refractivity contribution in [2.24, 2.45) is 0 Å². The second kappa shape index (κ2) is 7.54. The Balaban J connectivity index is 1.51. The number of aliphatic hydroxyl groups excluding tert-OH is 1. The number of rotatable bonds is 4. The Morgan fingerprint density at radius 3 is 2.68 bits per heavy atom. The average molecular weight is 378 g/mol. The number of nitrogens with one attached hydrogen (secondary N) is 1. The highest BCUT2D eigenvalue weighted by Crippen LogP contribution is 2.34. The van der Waals surface area contributed by atoms with Crippen molar-refractivity contribution < 1.29 is 19.2 Å². The van der Waals surface area contributed by atoms with Crippen LogP contribution in [0.4, 0.5) is 0 Å². The molecule has 2 N–H and O–H groups in total. The number of hydrogen-bond donors (Lipinski definition) is 2. The fourth-order valence-corrected chi connectivity index (χ4v) is 4.11. The summed E-state index contributed by atoms with van der Waals surface area (Å²) < 4.78 is 5.45. The van der Waals surface area contributed by atoms with Crippen LogP contribution in [0.15, 0.2) is 46.2 Å². The van der Waals surface area contributed by atoms with E-state index in [-0.39, 0.29) is 40.9 Å². The summed E-state index contributed by atoms with van der Waals surface area (Å²) in [6.45, 7) is 0. The number of benzene rings is 1. The lowest BCUT2D eigenvalue weighted by Gasteiger charge is -2.20. The zero-order chi connectivity index (χ0) is 19.7. The number of hydrogen-bond acceptors (Lipinski definition) is 6. The number of nitrogens with zero attached hydrogens (tertiary/aromatic N) is 1. The van der Waals surface area contributed by atoms with E-state index in [2.05, 4.69) is 5.16 Å². The highest BCUT2D eigenvalue weighted by Gasteiger charge is 2.33. The molecule has 0 bridgehead atoms. The van der Waals surface area contributed by atoms with Gasteiger partial charge in [0.15, 0.2) is 11.6 Å². The maximum atomic E-state index is 12.7. The molecular weight excluding hydrogens is 356 g/mol. The number of aliphatic hydroxyl groups is 1. The third-order valence-electron chi connectivity index (χ3n) is 5.55. The molecule has 0 aliphatic heterocycles. The minimum absolute atomic E-state index is 0.0000169. The zero-order valence-electron chi connectivity index (χ0n) is 15.5. The van der Waals surface area contributed by atoms with Gasteiger partial charge in [0.2, 0.25) is 0 Å². The van der Waals surface area contributed by atoms with Gasteiger partial charge in [-0.3, -0.25) is 9.59 Å². The van der Waals surface area contributed by atoms with Crippen molar-refractivity contribution in [3.05, 3.63) is 64.2 Å². The van der Waals surface area contributed by atoms with Gasteiger partial charge in [0.1, 0.15) is 11.5 Å². The number of carbonyl (C=O) groups is 2. The lowest BCUT2D eigenvalue weighted by Crippen LogP contribution is -2.21. The number of aryl methyl sites for hydroxylation is 1. The zero-order valence-corrected chi connectivity index (χ0v) is 15.5. The molecule has 4 rings (SSSR count). The standard InChI is InChI=1S/C22H22N2O4/c23-15-7-4-8-17(25)21(15)18(26)10-9-16-22-19(27)11-14(12-20(22)28-24-16)13-5-2-1-3-6-13/h1-3,5-6,14,23,26H,4,7-12H2/b21-18+,23-15?. The predicted octanol–water partition coefficient (Wildman–Crippen LogP) is 4.10. The molecule has 6 heteroatoms. The van der Waals surface area contributed by atoms with Crippen LogP contribution in [0.25, 0.3) is 0 Å². The molecule has 6 nitrogen and oxygen atoms in total. The second-order valence-corrected chi connectivity index (χ2v) is 7.44. The van der Waals surface area contributed by atoms with Crippen LogP contribution in [0.3, 0.4) is 0 Å². The third kappa shape index (κ3) is 3.42. The first-order valence-corrected chi connectivity index (χ1v) is 9.63. The van der Waals surface area contributed by atoms with Gasteiger partial charge < -0.3 is 15.0 Å². The van der Waals surface area contributed by atoms with E-state index < -0.39 is 0 Å². The fourth-order valence-electron chi connectivity index (χ4n) is 4.11. The van der Waals surface area contributed by atoms with Crippen molar-refractivity contribution >= 4 is 17.3 Å². The maximum absolute atomic E-state index is 12.7. The SMILES string of the molecule is N=C1CCCC(=O)/C1=C(/O)CCc1noc2c1C(=O)CC(c1ccccc1)C2. The van der Waals surface area contributed by atoms with Crippen LogP contribution in [0, 0.1) is 5.41 Å². The lowest BCUT2D eigenvalue weighted by atomic mass is 9.81. The smallest absolute Gasteiger partial charge is 0.168 e. The summed E-state index contributed by atoms with van der Waals surface area (Å²) >= 11 is 0. The van der Waals surface area contributed by atoms with E-state index in [4.69, 9.17) is 9.93 Å². The van der Waals surface area contributed by atoms with Gasteiger partial charge in [0, 0.05) is 37.8 Å². The summed E-state index contributed by atoms with van der Waals surface area (Å²) in [7, 11) is 0. The Morgan fingerprint density at radius 2 is 1.93 bits per heavy atom. The monoisotopic (exact) mass is 378 g/mol. The Kier molecular flexibility index (Phi) is 4.94. The highest BCUT2D eigenvalue weighted by molar-refractivity contribution is 6.23. The van der Waals surface area contributed by atoms with Gasteiger partial charge in [-0.2, -0.15) is 0 Å². The molecule has 2 aliphatic carbocycles. The first kappa shape index (κ1) is 18.3. The van der Waals surface area contributed by atoms with Gasteiger partial charge in [0.25, 0.3) is 0 Å². The topological polar surface area (TPSA) is 104 Å². The van der Waals surface area contributed by atoms with Crippen LogP contribution in [0.1, 0.15) is 65.4 Å². The summed E-state index contributed by atoms with van der Waals surface area (Å²) in [6, 6.07) is 9.90. The molecular formula is C22H22N2O4. The molecule has 1 atom stereocenters. The summed E-state index contributed by atoms with van der Waals surface area (Å²) in [6.07, 6.45) is 3.01. The lowest BCUT2D eigenvalue weighted by molar-refractivity contribution is -0.115. The molecule has 1 aromatic heterocycles. The Hall–Kier alpha value is -3.02. The highest BCUT2D eigenvalue weighted by atomic mass is 16.5. The largest absolute Gasteiger partial charge is 0.511 e. The molecule has 144 valence electrons. The number of fused-ring (bicyclic) bond motifs is 1. The van der Waals surface area contributed by atoms with Crippen LogP contribution in [-0.2, 0) is 17.6 Å². The number of ketones is 2. The Morgan fingerprint density at radius 1 is 1.14 bits per heavy atom. The Labute approximate surface area is 162 Å². The van der Waals surface area contributed by atoms with Crippen molar-refractivity contribution in [2.75, 3.05) is 0 Å². The maximum Gasteiger partial charge on any atom is 0.168 e. The first-order chi connectivity index (χ1) is 13.5. The van der Waals surface area contributed by atoms with E-state index in [1.54, 1.807) is 0 Å². The molecule has 0 radical (unpaired) electrons. The van der Waals surface area contributed by atoms with Gasteiger partial charge in [-0.05, 0) is 24.3 Å². The molecule has 2 aliphatic rings. The van der Waals surface area contributed by atoms with Crippen molar-refractivity contribution in [3.63, 3.8) is 0 Å². The van der Waals surface area contributed by atoms with Crippen molar-refractivity contribution in [1.82, 2.24) is 5.16 Å². The number of carbonyl (C=O) groups excluding carboxylic acids is 2. The quantitative estimate of drug-likeness (QED) is 0.615. The predicted molar refractivity (Wildman–Crippen MR) is 103 cm³/mol. The van der Waals surface area contributed by atoms with E-state index in [1.807, 2.05) is 30.3 Å². The van der Waals surface area contributed by atoms with Crippen LogP contribution >= 0.6 is 0 Å². The van der Waals surface area contributed by atoms with Gasteiger partial charge in [-0.25, -0.2) is 0 Å². The molecule has 0 amide bonds. The van der Waals surface area contributed by atoms with E-state index in [0.717, 1.165) is 5.56 Å². The summed E-state index contributed by atoms with van der Waals surface area (Å²) in [5.74, 6) is 0.404. The molecule has 1 aromatic carbocycles. The van der Waals surface area contributed by atoms with Gasteiger partial charge in [-0.15, -0.1) is 0 Å². The molecule has 1 saturated carbocycles. The summed E-state index contributed by atoms with van der Waals surface area (Å²) in [4.78, 5) is 24.8. The molecule has 0 saturated heterocycles. The Bertz CT molecular complexity index is 954. The molecule has 28 heavy (non-hydrogen) atoms. The summed E-state index contributed by atoms with van der Waals surface area (Å²) in [5, 5.41) is 22.3. The minimum atomic E-state index is -0.183. The van der Waals surface area contributed by atoms with Crippen molar-refractivity contribution in [1.29, 1.82) is 5.41 Å². The van der Waals surface area contributed by atoms with E-state index >= 15 is 0 Å². The molecule has 1 fully saturated rings. The summed E-state index contributed by atoms with van der Waals surface area (Å²) in [5.41, 5.74) is 2.48. The fraction of sp³-hybridized carbons (Fsp3) is 0.364. The van der Waals surface area contributed by atoms with E-state index in [9.17, 15) is 14.7 Å². The second-order valence-electron chi connectivity index (χ2n) is 7.44. The normalized spacial score (nSPS) is 21.6. The molecule has 2 aromatic rings. The van der Waals surface area contributed by atoms with E-state index in [0.29, 0.717) is 55.5 Å². The third-order valence-corrected chi connectivity index (χ3v) is 5.55. The number of aromatic nitrogens is 1. The van der Waals surface area contributed by atoms with Gasteiger partial charge in [-0.1, -0.05) is 35.5 Å². The number of allylic oxidation sites excluding steroid dienone is 2. The molecule has 0 spiro atoms. The van der Waals surface area contributed by atoms with Crippen LogP contribution in [0.2, 0.25) is 0 Å². The van der Waals surface area contributed by atoms with Crippen LogP contribution in [0.5, 0.6) is 0 Å². The minimum Gasteiger partial charge on any atom is -0.511 e. The van der Waals surface area contributed by atoms with Crippen LogP contribution in [-0.4, -0.2) is 27.5 Å². The van der Waals surface area contributed by atoms with Gasteiger partial charge in [0.05, 0.1) is 16.8 Å². The molecule has 1 heterocycles. The number of Topliss-reactive ketones (excluding diaryl/α,β-unsaturated/α-hetero) is 2. The van der Waals surface area contributed by atoms with Gasteiger partial charge >= 0.3 is 0 Å².